The Balaban J connectivity index is 2.08. The fourth-order valence-corrected chi connectivity index (χ4v) is 2.56. The second-order valence-corrected chi connectivity index (χ2v) is 5.25. The van der Waals surface area contributed by atoms with E-state index in [0.29, 0.717) is 5.75 Å². The summed E-state index contributed by atoms with van der Waals surface area (Å²) in [6.45, 7) is 0. The summed E-state index contributed by atoms with van der Waals surface area (Å²) in [5.74, 6) is 0.418. The van der Waals surface area contributed by atoms with Crippen LogP contribution in [0.1, 0.15) is 37.7 Å². The molecule has 1 saturated carbocycles. The summed E-state index contributed by atoms with van der Waals surface area (Å²) in [4.78, 5) is 12.2. The summed E-state index contributed by atoms with van der Waals surface area (Å²) in [5.41, 5.74) is 0.915. The van der Waals surface area contributed by atoms with Crippen LogP contribution < -0.4 is 10.1 Å². The normalized spacial score (nSPS) is 16.1. The van der Waals surface area contributed by atoms with E-state index in [1.807, 2.05) is 24.3 Å². The SMILES string of the molecule is COc1cccc(/C=C(\C#N)C(=O)NC2CCCCC2)c1. The highest BCUT2D eigenvalue weighted by Crippen LogP contribution is 2.19. The standard InChI is InChI=1S/C17H20N2O2/c1-21-16-9-5-6-13(11-16)10-14(12-18)17(20)19-15-7-3-2-4-8-15/h5-6,9-11,15H,2-4,7-8H2,1H3,(H,19,20)/b14-10+. The Morgan fingerprint density at radius 1 is 1.38 bits per heavy atom. The second-order valence-electron chi connectivity index (χ2n) is 5.25. The van der Waals surface area contributed by atoms with Gasteiger partial charge in [-0.2, -0.15) is 5.26 Å². The number of carbonyl (C=O) groups excluding carboxylic acids is 1. The molecule has 0 heterocycles. The molecule has 4 nitrogen and oxygen atoms in total. The predicted molar refractivity (Wildman–Crippen MR) is 81.6 cm³/mol. The molecule has 0 atom stereocenters. The van der Waals surface area contributed by atoms with E-state index in [2.05, 4.69) is 5.32 Å². The highest BCUT2D eigenvalue weighted by molar-refractivity contribution is 6.01. The zero-order valence-electron chi connectivity index (χ0n) is 12.3. The van der Waals surface area contributed by atoms with E-state index >= 15 is 0 Å². The van der Waals surface area contributed by atoms with Crippen molar-refractivity contribution in [2.75, 3.05) is 7.11 Å². The van der Waals surface area contributed by atoms with E-state index in [1.165, 1.54) is 6.42 Å². The third kappa shape index (κ3) is 4.35. The molecule has 1 aliphatic rings. The topological polar surface area (TPSA) is 62.1 Å². The number of rotatable bonds is 4. The molecule has 1 N–H and O–H groups in total. The lowest BCUT2D eigenvalue weighted by Crippen LogP contribution is -2.36. The Morgan fingerprint density at radius 3 is 2.81 bits per heavy atom. The monoisotopic (exact) mass is 284 g/mol. The van der Waals surface area contributed by atoms with Crippen molar-refractivity contribution in [3.63, 3.8) is 0 Å². The average molecular weight is 284 g/mol. The number of amides is 1. The molecule has 1 fully saturated rings. The van der Waals surface area contributed by atoms with Crippen molar-refractivity contribution in [3.05, 3.63) is 35.4 Å². The predicted octanol–water partition coefficient (Wildman–Crippen LogP) is 3.05. The van der Waals surface area contributed by atoms with Crippen LogP contribution in [-0.2, 0) is 4.79 Å². The zero-order chi connectivity index (χ0) is 15.1. The third-order valence-corrected chi connectivity index (χ3v) is 3.71. The first-order valence-electron chi connectivity index (χ1n) is 7.29. The summed E-state index contributed by atoms with van der Waals surface area (Å²) in [6.07, 6.45) is 7.13. The Hall–Kier alpha value is -2.28. The minimum atomic E-state index is -0.285. The van der Waals surface area contributed by atoms with Crippen LogP contribution in [-0.4, -0.2) is 19.1 Å². The Morgan fingerprint density at radius 2 is 2.14 bits per heavy atom. The maximum Gasteiger partial charge on any atom is 0.262 e. The van der Waals surface area contributed by atoms with Crippen LogP contribution in [0.2, 0.25) is 0 Å². The molecule has 4 heteroatoms. The molecule has 1 aromatic carbocycles. The Kier molecular flexibility index (Phi) is 5.39. The molecule has 0 unspecified atom stereocenters. The van der Waals surface area contributed by atoms with Crippen LogP contribution >= 0.6 is 0 Å². The number of methoxy groups -OCH3 is 1. The van der Waals surface area contributed by atoms with E-state index < -0.39 is 0 Å². The van der Waals surface area contributed by atoms with Gasteiger partial charge in [0.05, 0.1) is 7.11 Å². The summed E-state index contributed by atoms with van der Waals surface area (Å²) < 4.78 is 5.14. The van der Waals surface area contributed by atoms with E-state index in [4.69, 9.17) is 4.74 Å². The molecule has 21 heavy (non-hydrogen) atoms. The lowest BCUT2D eigenvalue weighted by Gasteiger charge is -2.22. The number of ether oxygens (including phenoxy) is 1. The van der Waals surface area contributed by atoms with Crippen LogP contribution in [0, 0.1) is 11.3 Å². The summed E-state index contributed by atoms with van der Waals surface area (Å²) in [7, 11) is 1.59. The van der Waals surface area contributed by atoms with Crippen molar-refractivity contribution in [1.29, 1.82) is 5.26 Å². The van der Waals surface area contributed by atoms with Gasteiger partial charge in [0, 0.05) is 6.04 Å². The van der Waals surface area contributed by atoms with Crippen molar-refractivity contribution in [1.82, 2.24) is 5.32 Å². The van der Waals surface area contributed by atoms with Gasteiger partial charge in [-0.25, -0.2) is 0 Å². The lowest BCUT2D eigenvalue weighted by molar-refractivity contribution is -0.117. The number of nitrogens with zero attached hydrogens (tertiary/aromatic N) is 1. The van der Waals surface area contributed by atoms with Crippen molar-refractivity contribution >= 4 is 12.0 Å². The number of hydrogen-bond donors (Lipinski definition) is 1. The minimum absolute atomic E-state index is 0.133. The van der Waals surface area contributed by atoms with Gasteiger partial charge >= 0.3 is 0 Å². The molecule has 0 aliphatic heterocycles. The van der Waals surface area contributed by atoms with Crippen molar-refractivity contribution < 1.29 is 9.53 Å². The van der Waals surface area contributed by atoms with Crippen molar-refractivity contribution in [2.24, 2.45) is 0 Å². The Labute approximate surface area is 125 Å². The molecule has 1 amide bonds. The van der Waals surface area contributed by atoms with Crippen LogP contribution in [0.4, 0.5) is 0 Å². The van der Waals surface area contributed by atoms with E-state index in [0.717, 1.165) is 31.2 Å². The van der Waals surface area contributed by atoms with E-state index in [-0.39, 0.29) is 17.5 Å². The van der Waals surface area contributed by atoms with Gasteiger partial charge in [0.25, 0.3) is 5.91 Å². The van der Waals surface area contributed by atoms with Crippen molar-refractivity contribution in [2.45, 2.75) is 38.1 Å². The fraction of sp³-hybridized carbons (Fsp3) is 0.412. The molecule has 0 spiro atoms. The molecule has 0 bridgehead atoms. The quantitative estimate of drug-likeness (QED) is 0.682. The number of hydrogen-bond acceptors (Lipinski definition) is 3. The van der Waals surface area contributed by atoms with Gasteiger partial charge in [0.1, 0.15) is 17.4 Å². The molecule has 0 aromatic heterocycles. The zero-order valence-corrected chi connectivity index (χ0v) is 12.3. The summed E-state index contributed by atoms with van der Waals surface area (Å²) in [6, 6.07) is 9.48. The van der Waals surface area contributed by atoms with Crippen LogP contribution in [0.25, 0.3) is 6.08 Å². The number of benzene rings is 1. The first kappa shape index (κ1) is 15.1. The molecule has 110 valence electrons. The van der Waals surface area contributed by atoms with Gasteiger partial charge in [-0.3, -0.25) is 4.79 Å². The minimum Gasteiger partial charge on any atom is -0.497 e. The van der Waals surface area contributed by atoms with Gasteiger partial charge < -0.3 is 10.1 Å². The molecular weight excluding hydrogens is 264 g/mol. The molecule has 1 aliphatic carbocycles. The average Bonchev–Trinajstić information content (AvgIpc) is 2.53. The van der Waals surface area contributed by atoms with Gasteiger partial charge in [-0.1, -0.05) is 31.4 Å². The molecule has 0 saturated heterocycles. The molecule has 2 rings (SSSR count). The smallest absolute Gasteiger partial charge is 0.262 e. The van der Waals surface area contributed by atoms with Gasteiger partial charge in [0.2, 0.25) is 0 Å². The summed E-state index contributed by atoms with van der Waals surface area (Å²) >= 11 is 0. The highest BCUT2D eigenvalue weighted by atomic mass is 16.5. The van der Waals surface area contributed by atoms with E-state index in [9.17, 15) is 10.1 Å². The third-order valence-electron chi connectivity index (χ3n) is 3.71. The largest absolute Gasteiger partial charge is 0.497 e. The Bertz CT molecular complexity index is 566. The van der Waals surface area contributed by atoms with Crippen LogP contribution in [0.15, 0.2) is 29.8 Å². The summed E-state index contributed by atoms with van der Waals surface area (Å²) in [5, 5.41) is 12.2. The van der Waals surface area contributed by atoms with Crippen LogP contribution in [0.5, 0.6) is 5.75 Å². The fourth-order valence-electron chi connectivity index (χ4n) is 2.56. The van der Waals surface area contributed by atoms with Gasteiger partial charge in [-0.15, -0.1) is 0 Å². The second kappa shape index (κ2) is 7.49. The highest BCUT2D eigenvalue weighted by Gasteiger charge is 2.18. The number of nitriles is 1. The number of nitrogens with one attached hydrogen (secondary N) is 1. The maximum atomic E-state index is 12.2. The first-order chi connectivity index (χ1) is 10.2. The number of carbonyl (C=O) groups is 1. The molecule has 0 radical (unpaired) electrons. The van der Waals surface area contributed by atoms with Gasteiger partial charge in [-0.05, 0) is 36.6 Å². The molecule has 1 aromatic rings. The lowest BCUT2D eigenvalue weighted by atomic mass is 9.95. The van der Waals surface area contributed by atoms with Gasteiger partial charge in [0.15, 0.2) is 0 Å². The molecular formula is C17H20N2O2. The first-order valence-corrected chi connectivity index (χ1v) is 7.29. The maximum absolute atomic E-state index is 12.2. The van der Waals surface area contributed by atoms with Crippen molar-refractivity contribution in [3.8, 4) is 11.8 Å². The van der Waals surface area contributed by atoms with E-state index in [1.54, 1.807) is 19.3 Å². The van der Waals surface area contributed by atoms with Crippen LogP contribution in [0.3, 0.4) is 0 Å².